The lowest BCUT2D eigenvalue weighted by molar-refractivity contribution is 0.0680. The summed E-state index contributed by atoms with van der Waals surface area (Å²) in [6, 6.07) is 4.83. The highest BCUT2D eigenvalue weighted by atomic mass is 16.5. The van der Waals surface area contributed by atoms with Gasteiger partial charge in [0, 0.05) is 20.3 Å². The number of carbonyl (C=O) groups is 1. The molecule has 7 heteroatoms. The number of rotatable bonds is 8. The second-order valence-corrected chi connectivity index (χ2v) is 4.55. The first-order valence-corrected chi connectivity index (χ1v) is 6.66. The minimum Gasteiger partial charge on any atom is -0.478 e. The molecule has 0 fully saturated rings. The van der Waals surface area contributed by atoms with Gasteiger partial charge in [0.15, 0.2) is 0 Å². The molecule has 21 heavy (non-hydrogen) atoms. The molecule has 0 radical (unpaired) electrons. The largest absolute Gasteiger partial charge is 0.478 e. The Morgan fingerprint density at radius 2 is 2.14 bits per heavy atom. The molecule has 0 spiro atoms. The molecule has 0 saturated carbocycles. The Balaban J connectivity index is 2.10. The van der Waals surface area contributed by atoms with Crippen molar-refractivity contribution in [3.05, 3.63) is 34.2 Å². The van der Waals surface area contributed by atoms with Crippen LogP contribution >= 0.6 is 0 Å². The zero-order valence-corrected chi connectivity index (χ0v) is 11.8. The van der Waals surface area contributed by atoms with E-state index in [1.165, 1.54) is 10.6 Å². The molecule has 1 heterocycles. The molecule has 2 rings (SSSR count). The maximum atomic E-state index is 11.9. The molecule has 1 aromatic carbocycles. The summed E-state index contributed by atoms with van der Waals surface area (Å²) in [5.41, 5.74) is 0.738. The SMILES string of the molecule is COCCOCCCn1c(=O)[nH]c2c(C(=O)O)cccc21. The maximum Gasteiger partial charge on any atom is 0.337 e. The lowest BCUT2D eigenvalue weighted by Gasteiger charge is -2.05. The fourth-order valence-electron chi connectivity index (χ4n) is 2.15. The Morgan fingerprint density at radius 1 is 1.33 bits per heavy atom. The highest BCUT2D eigenvalue weighted by molar-refractivity contribution is 6.00. The number of methoxy groups -OCH3 is 1. The van der Waals surface area contributed by atoms with Gasteiger partial charge in [0.1, 0.15) is 0 Å². The van der Waals surface area contributed by atoms with Crippen molar-refractivity contribution in [2.24, 2.45) is 0 Å². The minimum absolute atomic E-state index is 0.0969. The number of aromatic nitrogens is 2. The van der Waals surface area contributed by atoms with Gasteiger partial charge in [0.2, 0.25) is 0 Å². The van der Waals surface area contributed by atoms with Crippen LogP contribution in [0.3, 0.4) is 0 Å². The molecule has 0 amide bonds. The second-order valence-electron chi connectivity index (χ2n) is 4.55. The summed E-state index contributed by atoms with van der Waals surface area (Å²) in [6.45, 7) is 2.04. The van der Waals surface area contributed by atoms with E-state index in [1.807, 2.05) is 0 Å². The Labute approximate surface area is 121 Å². The summed E-state index contributed by atoms with van der Waals surface area (Å²) in [6.07, 6.45) is 0.661. The number of aryl methyl sites for hydroxylation is 1. The van der Waals surface area contributed by atoms with Crippen molar-refractivity contribution in [3.8, 4) is 0 Å². The van der Waals surface area contributed by atoms with Crippen LogP contribution < -0.4 is 5.69 Å². The van der Waals surface area contributed by atoms with Crippen LogP contribution in [0.25, 0.3) is 11.0 Å². The van der Waals surface area contributed by atoms with E-state index in [0.717, 1.165) is 0 Å². The van der Waals surface area contributed by atoms with Gasteiger partial charge in [-0.3, -0.25) is 4.57 Å². The van der Waals surface area contributed by atoms with E-state index in [-0.39, 0.29) is 11.3 Å². The summed E-state index contributed by atoms with van der Waals surface area (Å²) in [5, 5.41) is 9.12. The molecule has 7 nitrogen and oxygen atoms in total. The van der Waals surface area contributed by atoms with Crippen molar-refractivity contribution in [2.75, 3.05) is 26.9 Å². The molecule has 2 N–H and O–H groups in total. The number of fused-ring (bicyclic) bond motifs is 1. The molecule has 0 aliphatic rings. The van der Waals surface area contributed by atoms with E-state index in [1.54, 1.807) is 19.2 Å². The van der Waals surface area contributed by atoms with Gasteiger partial charge in [-0.2, -0.15) is 0 Å². The summed E-state index contributed by atoms with van der Waals surface area (Å²) in [4.78, 5) is 25.7. The van der Waals surface area contributed by atoms with Gasteiger partial charge in [-0.05, 0) is 18.6 Å². The molecular weight excluding hydrogens is 276 g/mol. The quantitative estimate of drug-likeness (QED) is 0.711. The van der Waals surface area contributed by atoms with Crippen molar-refractivity contribution >= 4 is 17.0 Å². The van der Waals surface area contributed by atoms with E-state index in [9.17, 15) is 9.59 Å². The van der Waals surface area contributed by atoms with Crippen molar-refractivity contribution in [1.29, 1.82) is 0 Å². The number of hydrogen-bond donors (Lipinski definition) is 2. The Hall–Kier alpha value is -2.12. The van der Waals surface area contributed by atoms with Crippen LogP contribution in [-0.4, -0.2) is 47.6 Å². The average Bonchev–Trinajstić information content (AvgIpc) is 2.78. The molecule has 0 unspecified atom stereocenters. The standard InChI is InChI=1S/C14H18N2O5/c1-20-8-9-21-7-3-6-16-11-5-2-4-10(13(17)18)12(11)15-14(16)19/h2,4-5H,3,6-9H2,1H3,(H,15,19)(H,17,18). The molecule has 0 atom stereocenters. The van der Waals surface area contributed by atoms with E-state index in [2.05, 4.69) is 4.98 Å². The lowest BCUT2D eigenvalue weighted by atomic mass is 10.2. The Kier molecular flexibility index (Phi) is 5.13. The number of para-hydroxylation sites is 1. The van der Waals surface area contributed by atoms with Gasteiger partial charge in [-0.25, -0.2) is 9.59 Å². The smallest absolute Gasteiger partial charge is 0.337 e. The van der Waals surface area contributed by atoms with Crippen LogP contribution in [0.15, 0.2) is 23.0 Å². The van der Waals surface area contributed by atoms with Gasteiger partial charge >= 0.3 is 11.7 Å². The van der Waals surface area contributed by atoms with Crippen LogP contribution in [0.5, 0.6) is 0 Å². The first-order chi connectivity index (χ1) is 10.1. The molecule has 0 bridgehead atoms. The van der Waals surface area contributed by atoms with E-state index < -0.39 is 5.97 Å². The fraction of sp³-hybridized carbons (Fsp3) is 0.429. The maximum absolute atomic E-state index is 11.9. The summed E-state index contributed by atoms with van der Waals surface area (Å²) in [7, 11) is 1.61. The third-order valence-electron chi connectivity index (χ3n) is 3.14. The summed E-state index contributed by atoms with van der Waals surface area (Å²) < 4.78 is 11.7. The van der Waals surface area contributed by atoms with Gasteiger partial charge in [-0.1, -0.05) is 6.07 Å². The second kappa shape index (κ2) is 7.05. The fourth-order valence-corrected chi connectivity index (χ4v) is 2.15. The van der Waals surface area contributed by atoms with Crippen molar-refractivity contribution in [3.63, 3.8) is 0 Å². The van der Waals surface area contributed by atoms with Gasteiger partial charge in [-0.15, -0.1) is 0 Å². The number of aromatic amines is 1. The van der Waals surface area contributed by atoms with Crippen LogP contribution in [0.1, 0.15) is 16.8 Å². The highest BCUT2D eigenvalue weighted by Gasteiger charge is 2.13. The zero-order valence-electron chi connectivity index (χ0n) is 11.8. The number of imidazole rings is 1. The number of benzene rings is 1. The highest BCUT2D eigenvalue weighted by Crippen LogP contribution is 2.15. The molecule has 114 valence electrons. The number of ether oxygens (including phenoxy) is 2. The van der Waals surface area contributed by atoms with Crippen LogP contribution in [0.2, 0.25) is 0 Å². The third-order valence-corrected chi connectivity index (χ3v) is 3.14. The minimum atomic E-state index is -1.06. The first kappa shape index (κ1) is 15.3. The van der Waals surface area contributed by atoms with Gasteiger partial charge < -0.3 is 19.6 Å². The topological polar surface area (TPSA) is 93.5 Å². The Morgan fingerprint density at radius 3 is 2.86 bits per heavy atom. The molecule has 0 saturated heterocycles. The zero-order chi connectivity index (χ0) is 15.2. The molecule has 2 aromatic rings. The molecule has 1 aromatic heterocycles. The van der Waals surface area contributed by atoms with E-state index >= 15 is 0 Å². The normalized spacial score (nSPS) is 11.1. The van der Waals surface area contributed by atoms with Crippen molar-refractivity contribution < 1.29 is 19.4 Å². The predicted octanol–water partition coefficient (Wildman–Crippen LogP) is 1.08. The number of hydrogen-bond acceptors (Lipinski definition) is 4. The van der Waals surface area contributed by atoms with Gasteiger partial charge in [0.05, 0.1) is 29.8 Å². The third kappa shape index (κ3) is 3.50. The Bertz CT molecular complexity index is 674. The monoisotopic (exact) mass is 294 g/mol. The number of H-pyrrole nitrogens is 1. The predicted molar refractivity (Wildman–Crippen MR) is 76.8 cm³/mol. The first-order valence-electron chi connectivity index (χ1n) is 6.66. The summed E-state index contributed by atoms with van der Waals surface area (Å²) >= 11 is 0. The van der Waals surface area contributed by atoms with Crippen LogP contribution in [0.4, 0.5) is 0 Å². The van der Waals surface area contributed by atoms with Crippen LogP contribution in [-0.2, 0) is 16.0 Å². The van der Waals surface area contributed by atoms with Crippen LogP contribution in [0, 0.1) is 0 Å². The number of nitrogens with one attached hydrogen (secondary N) is 1. The van der Waals surface area contributed by atoms with E-state index in [4.69, 9.17) is 14.6 Å². The van der Waals surface area contributed by atoms with Crippen molar-refractivity contribution in [1.82, 2.24) is 9.55 Å². The van der Waals surface area contributed by atoms with Gasteiger partial charge in [0.25, 0.3) is 0 Å². The number of nitrogens with zero attached hydrogens (tertiary/aromatic N) is 1. The lowest BCUT2D eigenvalue weighted by Crippen LogP contribution is -2.17. The number of carboxylic acid groups (broad SMARTS) is 1. The number of carboxylic acids is 1. The average molecular weight is 294 g/mol. The molecule has 0 aliphatic carbocycles. The number of aromatic carboxylic acids is 1. The van der Waals surface area contributed by atoms with E-state index in [0.29, 0.717) is 43.8 Å². The summed E-state index contributed by atoms with van der Waals surface area (Å²) in [5.74, 6) is -1.06. The molecule has 0 aliphatic heterocycles. The van der Waals surface area contributed by atoms with Crippen molar-refractivity contribution in [2.45, 2.75) is 13.0 Å². The molecular formula is C14H18N2O5.